The van der Waals surface area contributed by atoms with Crippen LogP contribution in [0.2, 0.25) is 10.0 Å². The Kier molecular flexibility index (Phi) is 7.10. The standard InChI is InChI=1S/C26H22Cl2N4O3/c1-5-23(33)32-18-9-7-6-8-17(18)31-22-11-16-14(2)30-19(10-15(16)13-29-22)24-25(27)20(34-3)12-21(35-4)26(24)28/h5-13H,1H2,2-4H3,(H,29,31)(H,32,33). The number of carbonyl (C=O) groups excluding carboxylic acids is 1. The minimum atomic E-state index is -0.301. The van der Waals surface area contributed by atoms with Gasteiger partial charge in [-0.1, -0.05) is 41.9 Å². The summed E-state index contributed by atoms with van der Waals surface area (Å²) in [6, 6.07) is 12.7. The van der Waals surface area contributed by atoms with Crippen LogP contribution in [0.25, 0.3) is 22.0 Å². The van der Waals surface area contributed by atoms with Crippen molar-refractivity contribution in [3.05, 3.63) is 77.1 Å². The third kappa shape index (κ3) is 4.87. The molecule has 7 nitrogen and oxygen atoms in total. The molecule has 0 bridgehead atoms. The second-order valence-corrected chi connectivity index (χ2v) is 8.29. The number of benzene rings is 2. The Hall–Kier alpha value is -3.81. The molecule has 2 heterocycles. The number of fused-ring (bicyclic) bond motifs is 1. The van der Waals surface area contributed by atoms with Crippen molar-refractivity contribution >= 4 is 57.1 Å². The Morgan fingerprint density at radius 3 is 2.31 bits per heavy atom. The molecule has 0 aliphatic carbocycles. The number of aryl methyl sites for hydroxylation is 1. The maximum atomic E-state index is 11.8. The molecule has 0 unspecified atom stereocenters. The van der Waals surface area contributed by atoms with Gasteiger partial charge >= 0.3 is 0 Å². The van der Waals surface area contributed by atoms with Crippen LogP contribution in [-0.2, 0) is 4.79 Å². The van der Waals surface area contributed by atoms with Crippen molar-refractivity contribution in [1.29, 1.82) is 0 Å². The molecule has 0 aliphatic heterocycles. The van der Waals surface area contributed by atoms with Gasteiger partial charge in [-0.15, -0.1) is 0 Å². The first-order valence-electron chi connectivity index (χ1n) is 10.5. The molecule has 2 aromatic heterocycles. The van der Waals surface area contributed by atoms with Crippen LogP contribution in [-0.4, -0.2) is 30.1 Å². The van der Waals surface area contributed by atoms with E-state index in [1.807, 2.05) is 37.3 Å². The molecule has 1 amide bonds. The van der Waals surface area contributed by atoms with Crippen molar-refractivity contribution in [1.82, 2.24) is 9.97 Å². The van der Waals surface area contributed by atoms with E-state index in [1.165, 1.54) is 20.3 Å². The van der Waals surface area contributed by atoms with Gasteiger partial charge in [-0.2, -0.15) is 0 Å². The number of nitrogens with zero attached hydrogens (tertiary/aromatic N) is 2. The molecule has 2 aromatic carbocycles. The normalized spacial score (nSPS) is 10.7. The Bertz CT molecular complexity index is 1430. The molecule has 4 rings (SSSR count). The third-order valence-corrected chi connectivity index (χ3v) is 6.12. The monoisotopic (exact) mass is 508 g/mol. The van der Waals surface area contributed by atoms with Gasteiger partial charge in [-0.05, 0) is 37.3 Å². The van der Waals surface area contributed by atoms with E-state index in [4.69, 9.17) is 37.7 Å². The van der Waals surface area contributed by atoms with E-state index in [-0.39, 0.29) is 5.91 Å². The van der Waals surface area contributed by atoms with Crippen LogP contribution in [0.4, 0.5) is 17.2 Å². The number of aromatic nitrogens is 2. The highest BCUT2D eigenvalue weighted by molar-refractivity contribution is 6.41. The van der Waals surface area contributed by atoms with E-state index in [0.29, 0.717) is 50.0 Å². The van der Waals surface area contributed by atoms with Crippen LogP contribution in [0.3, 0.4) is 0 Å². The fraction of sp³-hybridized carbons (Fsp3) is 0.115. The smallest absolute Gasteiger partial charge is 0.247 e. The average molecular weight is 509 g/mol. The van der Waals surface area contributed by atoms with E-state index in [0.717, 1.165) is 16.5 Å². The Labute approximate surface area is 212 Å². The number of hydrogen-bond donors (Lipinski definition) is 2. The van der Waals surface area contributed by atoms with Crippen LogP contribution in [0.5, 0.6) is 11.5 Å². The topological polar surface area (TPSA) is 85.4 Å². The minimum absolute atomic E-state index is 0.301. The van der Waals surface area contributed by atoms with Gasteiger partial charge in [0.15, 0.2) is 0 Å². The molecule has 0 fully saturated rings. The van der Waals surface area contributed by atoms with Gasteiger partial charge in [0, 0.05) is 34.3 Å². The van der Waals surface area contributed by atoms with Crippen molar-refractivity contribution in [3.63, 3.8) is 0 Å². The number of para-hydroxylation sites is 2. The molecule has 0 saturated carbocycles. The maximum Gasteiger partial charge on any atom is 0.247 e. The number of pyridine rings is 2. The van der Waals surface area contributed by atoms with Crippen molar-refractivity contribution in [2.75, 3.05) is 24.9 Å². The fourth-order valence-electron chi connectivity index (χ4n) is 3.64. The fourth-order valence-corrected chi connectivity index (χ4v) is 4.34. The number of amides is 1. The van der Waals surface area contributed by atoms with Crippen molar-refractivity contribution < 1.29 is 14.3 Å². The van der Waals surface area contributed by atoms with E-state index < -0.39 is 0 Å². The summed E-state index contributed by atoms with van der Waals surface area (Å²) in [5.41, 5.74) is 3.15. The van der Waals surface area contributed by atoms with Crippen LogP contribution in [0.1, 0.15) is 5.69 Å². The summed E-state index contributed by atoms with van der Waals surface area (Å²) >= 11 is 13.2. The molecule has 0 spiro atoms. The zero-order valence-corrected chi connectivity index (χ0v) is 20.8. The zero-order valence-electron chi connectivity index (χ0n) is 19.3. The lowest BCUT2D eigenvalue weighted by Crippen LogP contribution is -2.09. The molecular weight excluding hydrogens is 487 g/mol. The number of rotatable bonds is 7. The largest absolute Gasteiger partial charge is 0.495 e. The minimum Gasteiger partial charge on any atom is -0.495 e. The molecule has 0 radical (unpaired) electrons. The van der Waals surface area contributed by atoms with Gasteiger partial charge in [0.25, 0.3) is 0 Å². The number of hydrogen-bond acceptors (Lipinski definition) is 6. The summed E-state index contributed by atoms with van der Waals surface area (Å²) in [6.07, 6.45) is 2.95. The summed E-state index contributed by atoms with van der Waals surface area (Å²) in [5, 5.41) is 8.45. The van der Waals surface area contributed by atoms with E-state index >= 15 is 0 Å². The van der Waals surface area contributed by atoms with Crippen LogP contribution in [0.15, 0.2) is 61.3 Å². The number of halogens is 2. The lowest BCUT2D eigenvalue weighted by Gasteiger charge is -2.16. The number of carbonyl (C=O) groups is 1. The summed E-state index contributed by atoms with van der Waals surface area (Å²) in [5.74, 6) is 1.16. The van der Waals surface area contributed by atoms with Crippen molar-refractivity contribution in [3.8, 4) is 22.8 Å². The highest BCUT2D eigenvalue weighted by Gasteiger charge is 2.20. The van der Waals surface area contributed by atoms with E-state index in [1.54, 1.807) is 18.3 Å². The van der Waals surface area contributed by atoms with Crippen molar-refractivity contribution in [2.24, 2.45) is 0 Å². The predicted octanol–water partition coefficient (Wildman–Crippen LogP) is 6.80. The quantitative estimate of drug-likeness (QED) is 0.267. The number of nitrogens with one attached hydrogen (secondary N) is 2. The molecule has 0 saturated heterocycles. The molecule has 2 N–H and O–H groups in total. The summed E-state index contributed by atoms with van der Waals surface area (Å²) in [4.78, 5) is 21.1. The highest BCUT2D eigenvalue weighted by atomic mass is 35.5. The number of ether oxygens (including phenoxy) is 2. The molecule has 178 valence electrons. The first-order valence-corrected chi connectivity index (χ1v) is 11.3. The van der Waals surface area contributed by atoms with Crippen LogP contribution < -0.4 is 20.1 Å². The van der Waals surface area contributed by atoms with Gasteiger partial charge in [0.2, 0.25) is 5.91 Å². The SMILES string of the molecule is C=CC(=O)Nc1ccccc1Nc1cc2c(C)nc(-c3c(Cl)c(OC)cc(OC)c3Cl)cc2cn1. The van der Waals surface area contributed by atoms with Gasteiger partial charge in [-0.25, -0.2) is 4.98 Å². The number of anilines is 3. The Morgan fingerprint density at radius 2 is 1.69 bits per heavy atom. The molecule has 0 aliphatic rings. The third-order valence-electron chi connectivity index (χ3n) is 5.37. The van der Waals surface area contributed by atoms with E-state index in [9.17, 15) is 4.79 Å². The second-order valence-electron chi connectivity index (χ2n) is 7.53. The molecular formula is C26H22Cl2N4O3. The average Bonchev–Trinajstić information content (AvgIpc) is 2.86. The lowest BCUT2D eigenvalue weighted by molar-refractivity contribution is -0.111. The zero-order chi connectivity index (χ0) is 25.1. The van der Waals surface area contributed by atoms with Gasteiger partial charge < -0.3 is 20.1 Å². The van der Waals surface area contributed by atoms with Crippen LogP contribution >= 0.6 is 23.2 Å². The van der Waals surface area contributed by atoms with Gasteiger partial charge in [-0.3, -0.25) is 9.78 Å². The lowest BCUT2D eigenvalue weighted by atomic mass is 10.1. The first-order chi connectivity index (χ1) is 16.9. The Balaban J connectivity index is 1.75. The molecule has 0 atom stereocenters. The second kappa shape index (κ2) is 10.2. The maximum absolute atomic E-state index is 11.8. The van der Waals surface area contributed by atoms with E-state index in [2.05, 4.69) is 22.2 Å². The van der Waals surface area contributed by atoms with Gasteiger partial charge in [0.05, 0.1) is 41.3 Å². The summed E-state index contributed by atoms with van der Waals surface area (Å²) in [6.45, 7) is 5.39. The summed E-state index contributed by atoms with van der Waals surface area (Å²) < 4.78 is 10.8. The first kappa shape index (κ1) is 24.3. The number of methoxy groups -OCH3 is 2. The molecule has 9 heteroatoms. The predicted molar refractivity (Wildman–Crippen MR) is 141 cm³/mol. The van der Waals surface area contributed by atoms with Gasteiger partial charge in [0.1, 0.15) is 17.3 Å². The molecule has 35 heavy (non-hydrogen) atoms. The Morgan fingerprint density at radius 1 is 1.03 bits per heavy atom. The van der Waals surface area contributed by atoms with Crippen LogP contribution in [0, 0.1) is 6.92 Å². The van der Waals surface area contributed by atoms with Crippen molar-refractivity contribution in [2.45, 2.75) is 6.92 Å². The summed E-state index contributed by atoms with van der Waals surface area (Å²) in [7, 11) is 3.05. The molecule has 4 aromatic rings. The highest BCUT2D eigenvalue weighted by Crippen LogP contribution is 2.46.